The number of alkyl halides is 2. The third-order valence-electron chi connectivity index (χ3n) is 12.7. The van der Waals surface area contributed by atoms with Crippen molar-refractivity contribution in [2.75, 3.05) is 13.1 Å². The summed E-state index contributed by atoms with van der Waals surface area (Å²) in [4.78, 5) is 80.3. The number of ether oxygens (including phenoxy) is 2. The fraction of sp³-hybridized carbons (Fsp3) is 0.308. The monoisotopic (exact) mass is 1060 g/mol. The van der Waals surface area contributed by atoms with Crippen LogP contribution in [0.4, 0.5) is 13.6 Å². The molecule has 1 saturated heterocycles. The van der Waals surface area contributed by atoms with Crippen LogP contribution < -0.4 is 10.1 Å². The molecule has 1 aromatic heterocycles. The normalized spacial score (nSPS) is 15.0. The predicted octanol–water partition coefficient (Wildman–Crippen LogP) is 8.05. The van der Waals surface area contributed by atoms with E-state index in [0.717, 1.165) is 48.1 Å². The molecule has 6 aromatic rings. The van der Waals surface area contributed by atoms with Gasteiger partial charge in [0.15, 0.2) is 17.5 Å². The van der Waals surface area contributed by atoms with Crippen LogP contribution in [0.1, 0.15) is 89.8 Å². The van der Waals surface area contributed by atoms with Gasteiger partial charge >= 0.3 is 33.2 Å². The van der Waals surface area contributed by atoms with Gasteiger partial charge in [-0.05, 0) is 65.8 Å². The lowest BCUT2D eigenvalue weighted by atomic mass is 9.77. The van der Waals surface area contributed by atoms with Gasteiger partial charge in [0, 0.05) is 37.9 Å². The summed E-state index contributed by atoms with van der Waals surface area (Å²) < 4.78 is 66.7. The third-order valence-corrected chi connectivity index (χ3v) is 16.6. The summed E-state index contributed by atoms with van der Waals surface area (Å²) in [6.07, 6.45) is 1.38. The molecule has 390 valence electrons. The second-order valence-corrected chi connectivity index (χ2v) is 21.6. The molecule has 0 radical (unpaired) electrons. The highest BCUT2D eigenvalue weighted by atomic mass is 31.2. The van der Waals surface area contributed by atoms with Crippen LogP contribution in [0.25, 0.3) is 0 Å². The number of rotatable bonds is 24. The van der Waals surface area contributed by atoms with Gasteiger partial charge in [-0.1, -0.05) is 152 Å². The van der Waals surface area contributed by atoms with Crippen LogP contribution in [0.15, 0.2) is 158 Å². The Kier molecular flexibility index (Phi) is 17.9. The van der Waals surface area contributed by atoms with E-state index in [0.29, 0.717) is 31.6 Å². The lowest BCUT2D eigenvalue weighted by Crippen LogP contribution is -2.39. The van der Waals surface area contributed by atoms with E-state index < -0.39 is 92.2 Å². The quantitative estimate of drug-likeness (QED) is 0.0110. The van der Waals surface area contributed by atoms with E-state index in [2.05, 4.69) is 52.0 Å². The maximum Gasteiger partial charge on any atom is 0.412 e. The minimum Gasteiger partial charge on any atom is -0.448 e. The Morgan fingerprint density at radius 1 is 0.743 bits per heavy atom. The van der Waals surface area contributed by atoms with Gasteiger partial charge in [-0.2, -0.15) is 8.78 Å². The Labute approximate surface area is 425 Å². The molecule has 22 heteroatoms. The summed E-state index contributed by atoms with van der Waals surface area (Å²) in [5, 5.41) is 22.6. The van der Waals surface area contributed by atoms with Gasteiger partial charge in [0.2, 0.25) is 5.91 Å². The van der Waals surface area contributed by atoms with Crippen LogP contribution in [-0.4, -0.2) is 98.1 Å². The zero-order valence-electron chi connectivity index (χ0n) is 39.9. The van der Waals surface area contributed by atoms with Crippen molar-refractivity contribution in [2.24, 2.45) is 0 Å². The topological polar surface area (TPSA) is 264 Å². The number of amides is 2. The standard InChI is InChI=1S/C52H56F2N6O12P2/c53-52(54,41-26-13-6-14-27-41)45(72-48(62)43-28-16-17-29-44(43)71-49(63)55-36-19-35-50(64,73(65,66)67)74(68,69)70)33-31-42-32-34-47(61)59(42)37-18-2-1-15-30-46-56-58-60(57-46)51(38-20-7-3-8-21-38,39-22-9-4-10-23-39)40-24-11-5-12-25-40/h3-14,16-17,20-29,31,33,42,45,64H,1-2,15,18-19,30,32,34-37H2,(H,55,63)(H2,65,66,67)(H2,68,69,70)/b33-31+/t42-,45+/m0/s1. The summed E-state index contributed by atoms with van der Waals surface area (Å²) in [6.45, 7) is -0.147. The summed E-state index contributed by atoms with van der Waals surface area (Å²) >= 11 is 0. The van der Waals surface area contributed by atoms with Crippen LogP contribution in [0.5, 0.6) is 5.75 Å². The van der Waals surface area contributed by atoms with Crippen molar-refractivity contribution in [3.63, 3.8) is 0 Å². The summed E-state index contributed by atoms with van der Waals surface area (Å²) in [7, 11) is -11.5. The van der Waals surface area contributed by atoms with Crippen molar-refractivity contribution >= 4 is 33.2 Å². The number of unbranched alkanes of at least 4 members (excludes halogenated alkanes) is 3. The van der Waals surface area contributed by atoms with Crippen LogP contribution in [0.2, 0.25) is 0 Å². The number of aromatic nitrogens is 4. The molecular weight excluding hydrogens is 1000 g/mol. The van der Waals surface area contributed by atoms with E-state index in [-0.39, 0.29) is 12.3 Å². The molecule has 5 aromatic carbocycles. The zero-order chi connectivity index (χ0) is 53.0. The molecule has 6 N–H and O–H groups in total. The number of carbonyl (C=O) groups excluding carboxylic acids is 3. The number of nitrogens with one attached hydrogen (secondary N) is 1. The first-order valence-corrected chi connectivity index (χ1v) is 27.0. The van der Waals surface area contributed by atoms with Gasteiger partial charge in [0.25, 0.3) is 5.08 Å². The largest absolute Gasteiger partial charge is 0.448 e. The molecule has 7 rings (SSSR count). The first kappa shape index (κ1) is 55.0. The van der Waals surface area contributed by atoms with Crippen LogP contribution in [-0.2, 0) is 36.5 Å². The molecule has 1 fully saturated rings. The smallest absolute Gasteiger partial charge is 0.412 e. The molecule has 1 aliphatic rings. The second-order valence-electron chi connectivity index (χ2n) is 17.6. The molecule has 74 heavy (non-hydrogen) atoms. The Morgan fingerprint density at radius 2 is 1.27 bits per heavy atom. The van der Waals surface area contributed by atoms with Gasteiger partial charge in [-0.15, -0.1) is 15.0 Å². The van der Waals surface area contributed by atoms with E-state index in [1.807, 2.05) is 54.6 Å². The number of halogens is 2. The van der Waals surface area contributed by atoms with E-state index >= 15 is 8.78 Å². The SMILES string of the molecule is O=C(NCCCC(O)(P(=O)(O)O)P(=O)(O)O)Oc1ccccc1C(=O)O[C@H](/C=C/[C@H]1CCC(=O)N1CCCCCCc1nnn(C(c2ccccc2)(c2ccccc2)c2ccccc2)n1)C(F)(F)c1ccccc1. The first-order valence-electron chi connectivity index (χ1n) is 23.8. The van der Waals surface area contributed by atoms with Gasteiger partial charge < -0.3 is 44.4 Å². The number of hydrogen-bond acceptors (Lipinski definition) is 11. The molecule has 2 amide bonds. The molecule has 0 saturated carbocycles. The number of hydrogen-bond donors (Lipinski definition) is 6. The fourth-order valence-corrected chi connectivity index (χ4v) is 11.1. The Balaban J connectivity index is 0.972. The molecule has 0 unspecified atom stereocenters. The molecule has 0 bridgehead atoms. The maximum atomic E-state index is 16.4. The van der Waals surface area contributed by atoms with Crippen LogP contribution in [0.3, 0.4) is 0 Å². The third kappa shape index (κ3) is 12.6. The number of aliphatic hydroxyl groups is 1. The van der Waals surface area contributed by atoms with Gasteiger partial charge in [0.1, 0.15) is 11.3 Å². The number of para-hydroxylation sites is 1. The van der Waals surface area contributed by atoms with Crippen molar-refractivity contribution in [1.29, 1.82) is 0 Å². The number of benzene rings is 5. The highest BCUT2D eigenvalue weighted by Gasteiger charge is 2.58. The van der Waals surface area contributed by atoms with Crippen LogP contribution in [0, 0.1) is 0 Å². The van der Waals surface area contributed by atoms with E-state index in [1.54, 1.807) is 15.8 Å². The highest BCUT2D eigenvalue weighted by molar-refractivity contribution is 7.72. The number of nitrogens with zero attached hydrogens (tertiary/aromatic N) is 5. The molecule has 18 nitrogen and oxygen atoms in total. The fourth-order valence-electron chi connectivity index (χ4n) is 8.84. The minimum atomic E-state index is -5.73. The average molecular weight is 1060 g/mol. The number of aryl methyl sites for hydroxylation is 1. The minimum absolute atomic E-state index is 0.147. The predicted molar refractivity (Wildman–Crippen MR) is 267 cm³/mol. The van der Waals surface area contributed by atoms with Gasteiger partial charge in [-0.25, -0.2) is 9.59 Å². The number of likely N-dealkylation sites (tertiary alicyclic amines) is 1. The van der Waals surface area contributed by atoms with Gasteiger partial charge in [0.05, 0.1) is 6.04 Å². The van der Waals surface area contributed by atoms with Crippen molar-refractivity contribution in [1.82, 2.24) is 30.4 Å². The van der Waals surface area contributed by atoms with Crippen molar-refractivity contribution in [3.8, 4) is 5.75 Å². The Bertz CT molecular complexity index is 2840. The van der Waals surface area contributed by atoms with Gasteiger partial charge in [-0.3, -0.25) is 13.9 Å². The summed E-state index contributed by atoms with van der Waals surface area (Å²) in [5.41, 5.74) is 1.12. The molecule has 2 atom stereocenters. The average Bonchev–Trinajstić information content (AvgIpc) is 4.01. The van der Waals surface area contributed by atoms with E-state index in [4.69, 9.17) is 14.6 Å². The summed E-state index contributed by atoms with van der Waals surface area (Å²) in [6, 6.07) is 41.3. The summed E-state index contributed by atoms with van der Waals surface area (Å²) in [5.74, 6) is -5.08. The molecular formula is C52H56F2N6O12P2. The lowest BCUT2D eigenvalue weighted by Gasteiger charge is -2.34. The Morgan fingerprint density at radius 3 is 1.84 bits per heavy atom. The molecule has 1 aliphatic heterocycles. The van der Waals surface area contributed by atoms with Crippen LogP contribution >= 0.6 is 15.2 Å². The molecule has 0 aliphatic carbocycles. The first-order chi connectivity index (χ1) is 35.4. The zero-order valence-corrected chi connectivity index (χ0v) is 41.7. The van der Waals surface area contributed by atoms with Crippen molar-refractivity contribution < 1.29 is 66.4 Å². The molecule has 0 spiro atoms. The number of carbonyl (C=O) groups is 3. The van der Waals surface area contributed by atoms with E-state index in [9.17, 15) is 48.2 Å². The second kappa shape index (κ2) is 24.1. The number of esters is 1. The van der Waals surface area contributed by atoms with Crippen molar-refractivity contribution in [3.05, 3.63) is 191 Å². The Hall–Kier alpha value is -6.76. The lowest BCUT2D eigenvalue weighted by molar-refractivity contribution is -0.128. The van der Waals surface area contributed by atoms with E-state index in [1.165, 1.54) is 48.5 Å². The molecule has 2 heterocycles. The van der Waals surface area contributed by atoms with Crippen molar-refractivity contribution in [2.45, 2.75) is 86.5 Å². The highest BCUT2D eigenvalue weighted by Crippen LogP contribution is 2.69. The maximum absolute atomic E-state index is 16.4. The number of tetrazole rings is 1.